The molecule has 0 saturated carbocycles. The quantitative estimate of drug-likeness (QED) is 0.286. The number of Topliss-reactive ketones (excluding diaryl/α,β-unsaturated/α-hetero) is 1. The van der Waals surface area contributed by atoms with E-state index in [1.807, 2.05) is 84.9 Å². The molecule has 0 fully saturated rings. The first-order valence-electron chi connectivity index (χ1n) is 11.4. The van der Waals surface area contributed by atoms with E-state index in [9.17, 15) is 10.1 Å². The van der Waals surface area contributed by atoms with Gasteiger partial charge in [0.05, 0.1) is 24.6 Å². The van der Waals surface area contributed by atoms with Crippen LogP contribution in [0.4, 0.5) is 0 Å². The lowest BCUT2D eigenvalue weighted by molar-refractivity contribution is -0.117. The second kappa shape index (κ2) is 11.9. The third kappa shape index (κ3) is 5.82. The average molecular weight is 512 g/mol. The minimum absolute atomic E-state index is 0.0189. The van der Waals surface area contributed by atoms with Gasteiger partial charge in [0.25, 0.3) is 0 Å². The zero-order valence-electron chi connectivity index (χ0n) is 20.2. The highest BCUT2D eigenvalue weighted by atomic mass is 32.2. The Hall–Kier alpha value is -4.55. The fraction of sp³-hybridized carbons (Fsp3) is 0.143. The van der Waals surface area contributed by atoms with Crippen LogP contribution in [-0.4, -0.2) is 33.4 Å². The third-order valence-electron chi connectivity index (χ3n) is 5.52. The van der Waals surface area contributed by atoms with Crippen LogP contribution in [0.3, 0.4) is 0 Å². The monoisotopic (exact) mass is 511 g/mol. The molecule has 0 bridgehead atoms. The number of hydrogen-bond acceptors (Lipinski definition) is 8. The minimum atomic E-state index is -1.08. The van der Waals surface area contributed by atoms with Crippen molar-refractivity contribution in [2.75, 3.05) is 12.9 Å². The van der Waals surface area contributed by atoms with Gasteiger partial charge in [-0.1, -0.05) is 79.0 Å². The average Bonchev–Trinajstić information content (AvgIpc) is 3.34. The van der Waals surface area contributed by atoms with Crippen molar-refractivity contribution in [2.24, 2.45) is 11.7 Å². The van der Waals surface area contributed by atoms with Gasteiger partial charge < -0.3 is 15.2 Å². The number of nitrogens with two attached hydrogens (primary N) is 1. The maximum Gasteiger partial charge on any atom is 0.196 e. The topological polar surface area (TPSA) is 116 Å². The van der Waals surface area contributed by atoms with E-state index in [2.05, 4.69) is 16.8 Å². The summed E-state index contributed by atoms with van der Waals surface area (Å²) < 4.78 is 13.6. The van der Waals surface area contributed by atoms with Crippen LogP contribution in [0.15, 0.2) is 96.3 Å². The van der Waals surface area contributed by atoms with E-state index in [0.29, 0.717) is 28.2 Å². The Balaban J connectivity index is 1.65. The van der Waals surface area contributed by atoms with Crippen LogP contribution in [0.5, 0.6) is 11.5 Å². The maximum atomic E-state index is 12.6. The molecule has 1 heterocycles. The maximum absolute atomic E-state index is 12.6. The minimum Gasteiger partial charge on any atom is -0.495 e. The molecule has 4 rings (SSSR count). The van der Waals surface area contributed by atoms with Crippen molar-refractivity contribution in [3.8, 4) is 34.4 Å². The number of para-hydroxylation sites is 3. The standard InChI is InChI=1S/C28H25N5O3S/c1-19(30)22(16-29)24(34)18-37-28-32-31-27(33(28)23-13-7-9-15-26(23)35-2)17-36-25-14-8-6-12-21(25)20-10-4-3-5-11-20/h3-15,22H,1,17-18,30H2,2H3/t22-/m1/s1. The number of aromatic nitrogens is 3. The molecule has 0 aliphatic rings. The van der Waals surface area contributed by atoms with Gasteiger partial charge in [-0.3, -0.25) is 9.36 Å². The molecule has 0 unspecified atom stereocenters. The summed E-state index contributed by atoms with van der Waals surface area (Å²) in [7, 11) is 1.58. The van der Waals surface area contributed by atoms with E-state index in [-0.39, 0.29) is 23.8 Å². The van der Waals surface area contributed by atoms with Gasteiger partial charge in [0.2, 0.25) is 0 Å². The van der Waals surface area contributed by atoms with E-state index in [0.717, 1.165) is 22.9 Å². The Morgan fingerprint density at radius 1 is 1.05 bits per heavy atom. The summed E-state index contributed by atoms with van der Waals surface area (Å²) in [5.74, 6) is 0.357. The summed E-state index contributed by atoms with van der Waals surface area (Å²) in [5, 5.41) is 18.4. The highest BCUT2D eigenvalue weighted by Gasteiger charge is 2.23. The number of thioether (sulfide) groups is 1. The summed E-state index contributed by atoms with van der Waals surface area (Å²) in [6.45, 7) is 3.65. The third-order valence-corrected chi connectivity index (χ3v) is 6.47. The molecule has 1 atom stereocenters. The van der Waals surface area contributed by atoms with Crippen molar-refractivity contribution in [3.05, 3.63) is 97.0 Å². The number of carbonyl (C=O) groups excluding carboxylic acids is 1. The van der Waals surface area contributed by atoms with Crippen LogP contribution in [0.1, 0.15) is 5.82 Å². The Labute approximate surface area is 219 Å². The first-order chi connectivity index (χ1) is 18.0. The molecule has 3 aromatic carbocycles. The van der Waals surface area contributed by atoms with Crippen molar-refractivity contribution >= 4 is 17.5 Å². The molecular weight excluding hydrogens is 486 g/mol. The summed E-state index contributed by atoms with van der Waals surface area (Å²) in [5.41, 5.74) is 8.32. The Morgan fingerprint density at radius 2 is 1.73 bits per heavy atom. The number of rotatable bonds is 11. The number of benzene rings is 3. The normalized spacial score (nSPS) is 11.4. The lowest BCUT2D eigenvalue weighted by Gasteiger charge is -2.15. The van der Waals surface area contributed by atoms with Crippen LogP contribution in [-0.2, 0) is 11.4 Å². The van der Waals surface area contributed by atoms with Gasteiger partial charge in [-0.15, -0.1) is 10.2 Å². The molecule has 8 nitrogen and oxygen atoms in total. The number of ketones is 1. The molecule has 0 spiro atoms. The van der Waals surface area contributed by atoms with Gasteiger partial charge >= 0.3 is 0 Å². The van der Waals surface area contributed by atoms with E-state index in [1.54, 1.807) is 11.7 Å². The number of carbonyl (C=O) groups is 1. The van der Waals surface area contributed by atoms with E-state index in [1.165, 1.54) is 0 Å². The molecule has 0 aliphatic heterocycles. The molecular formula is C28H25N5O3S. The molecule has 0 aliphatic carbocycles. The van der Waals surface area contributed by atoms with Crippen LogP contribution in [0, 0.1) is 17.2 Å². The fourth-order valence-electron chi connectivity index (χ4n) is 3.72. The summed E-state index contributed by atoms with van der Waals surface area (Å²) >= 11 is 1.15. The van der Waals surface area contributed by atoms with Crippen molar-refractivity contribution in [1.29, 1.82) is 5.26 Å². The lowest BCUT2D eigenvalue weighted by Crippen LogP contribution is -2.21. The van der Waals surface area contributed by atoms with Gasteiger partial charge in [0, 0.05) is 11.3 Å². The second-order valence-electron chi connectivity index (χ2n) is 7.95. The molecule has 0 saturated heterocycles. The zero-order valence-corrected chi connectivity index (χ0v) is 21.0. The number of nitrogens with zero attached hydrogens (tertiary/aromatic N) is 4. The van der Waals surface area contributed by atoms with Gasteiger partial charge in [-0.05, 0) is 23.8 Å². The number of methoxy groups -OCH3 is 1. The van der Waals surface area contributed by atoms with E-state index in [4.69, 9.17) is 15.2 Å². The molecule has 37 heavy (non-hydrogen) atoms. The number of nitriles is 1. The van der Waals surface area contributed by atoms with Gasteiger partial charge in [-0.2, -0.15) is 5.26 Å². The number of hydrogen-bond donors (Lipinski definition) is 1. The Morgan fingerprint density at radius 3 is 2.43 bits per heavy atom. The molecule has 2 N–H and O–H groups in total. The molecule has 1 aromatic heterocycles. The van der Waals surface area contributed by atoms with Crippen molar-refractivity contribution < 1.29 is 14.3 Å². The molecule has 4 aromatic rings. The lowest BCUT2D eigenvalue weighted by atomic mass is 10.1. The van der Waals surface area contributed by atoms with Crippen LogP contribution >= 0.6 is 11.8 Å². The van der Waals surface area contributed by atoms with E-state index < -0.39 is 5.92 Å². The molecule has 186 valence electrons. The second-order valence-corrected chi connectivity index (χ2v) is 8.89. The predicted octanol–water partition coefficient (Wildman–Crippen LogP) is 4.80. The fourth-order valence-corrected chi connectivity index (χ4v) is 4.58. The van der Waals surface area contributed by atoms with Crippen molar-refractivity contribution in [2.45, 2.75) is 11.8 Å². The first-order valence-corrected chi connectivity index (χ1v) is 12.4. The van der Waals surface area contributed by atoms with Crippen molar-refractivity contribution in [3.63, 3.8) is 0 Å². The number of ether oxygens (including phenoxy) is 2. The zero-order chi connectivity index (χ0) is 26.2. The first kappa shape index (κ1) is 25.5. The highest BCUT2D eigenvalue weighted by Crippen LogP contribution is 2.32. The Bertz CT molecular complexity index is 1450. The summed E-state index contributed by atoms with van der Waals surface area (Å²) in [4.78, 5) is 12.6. The molecule has 9 heteroatoms. The number of allylic oxidation sites excluding steroid dienone is 1. The highest BCUT2D eigenvalue weighted by molar-refractivity contribution is 7.99. The van der Waals surface area contributed by atoms with Gasteiger partial charge in [0.15, 0.2) is 16.8 Å². The van der Waals surface area contributed by atoms with E-state index >= 15 is 0 Å². The summed E-state index contributed by atoms with van der Waals surface area (Å²) in [6, 6.07) is 27.1. The van der Waals surface area contributed by atoms with Crippen LogP contribution in [0.2, 0.25) is 0 Å². The van der Waals surface area contributed by atoms with Crippen molar-refractivity contribution in [1.82, 2.24) is 14.8 Å². The van der Waals surface area contributed by atoms with Crippen LogP contribution in [0.25, 0.3) is 16.8 Å². The molecule has 0 radical (unpaired) electrons. The predicted molar refractivity (Wildman–Crippen MR) is 142 cm³/mol. The van der Waals surface area contributed by atoms with Gasteiger partial charge in [0.1, 0.15) is 24.0 Å². The largest absolute Gasteiger partial charge is 0.495 e. The van der Waals surface area contributed by atoms with Crippen LogP contribution < -0.4 is 15.2 Å². The SMILES string of the molecule is C=C(N)[C@@H](C#N)C(=O)CSc1nnc(COc2ccccc2-c2ccccc2)n1-c1ccccc1OC. The Kier molecular flexibility index (Phi) is 8.23. The van der Waals surface area contributed by atoms with Gasteiger partial charge in [-0.25, -0.2) is 0 Å². The molecule has 0 amide bonds. The smallest absolute Gasteiger partial charge is 0.196 e. The summed E-state index contributed by atoms with van der Waals surface area (Å²) in [6.07, 6.45) is 0.